The number of anilines is 1. The van der Waals surface area contributed by atoms with E-state index in [9.17, 15) is 18.0 Å². The molecular weight excluding hydrogens is 559 g/mol. The molecule has 1 saturated carbocycles. The molecule has 7 heteroatoms. The van der Waals surface area contributed by atoms with E-state index in [0.717, 1.165) is 24.1 Å². The van der Waals surface area contributed by atoms with Crippen LogP contribution in [0.2, 0.25) is 0 Å². The summed E-state index contributed by atoms with van der Waals surface area (Å²) in [5.41, 5.74) is 12.7. The Labute approximate surface area is 260 Å². The molecule has 1 fully saturated rings. The van der Waals surface area contributed by atoms with Gasteiger partial charge in [0.1, 0.15) is 0 Å². The lowest BCUT2D eigenvalue weighted by Crippen LogP contribution is -2.25. The van der Waals surface area contributed by atoms with Crippen LogP contribution in [0.5, 0.6) is 0 Å². The molecule has 0 amide bonds. The van der Waals surface area contributed by atoms with Gasteiger partial charge in [-0.1, -0.05) is 79.2 Å². The molecule has 0 bridgehead atoms. The van der Waals surface area contributed by atoms with Crippen LogP contribution in [0.1, 0.15) is 72.0 Å². The zero-order valence-electron chi connectivity index (χ0n) is 26.6. The molecule has 1 unspecified atom stereocenters. The topological polar surface area (TPSA) is 58.4 Å². The third-order valence-electron chi connectivity index (χ3n) is 7.76. The average Bonchev–Trinajstić information content (AvgIpc) is 3.82. The van der Waals surface area contributed by atoms with E-state index >= 15 is 0 Å². The van der Waals surface area contributed by atoms with Crippen molar-refractivity contribution in [2.75, 3.05) is 18.5 Å². The minimum Gasteiger partial charge on any atom is -0.342 e. The maximum Gasteiger partial charge on any atom is 0.415 e. The molecule has 1 aliphatic rings. The van der Waals surface area contributed by atoms with Gasteiger partial charge in [-0.25, -0.2) is 0 Å². The first-order valence-electron chi connectivity index (χ1n) is 15.2. The van der Waals surface area contributed by atoms with Crippen LogP contribution in [-0.2, 0) is 11.3 Å². The number of rotatable bonds is 12. The van der Waals surface area contributed by atoms with Crippen LogP contribution in [-0.4, -0.2) is 25.6 Å². The van der Waals surface area contributed by atoms with Crippen LogP contribution >= 0.6 is 0 Å². The Morgan fingerprint density at radius 2 is 1.73 bits per heavy atom. The average molecular weight is 606 g/mol. The van der Waals surface area contributed by atoms with E-state index in [1.165, 1.54) is 45.6 Å². The van der Waals surface area contributed by atoms with Gasteiger partial charge in [0, 0.05) is 25.7 Å². The van der Waals surface area contributed by atoms with E-state index < -0.39 is 11.7 Å². The van der Waals surface area contributed by atoms with Gasteiger partial charge in [-0.05, 0) is 93.0 Å². The molecule has 3 aromatic carbocycles. The highest BCUT2D eigenvalue weighted by atomic mass is 19.4. The van der Waals surface area contributed by atoms with Gasteiger partial charge in [-0.3, -0.25) is 4.79 Å². The van der Waals surface area contributed by atoms with Gasteiger partial charge in [0.15, 0.2) is 5.78 Å². The molecular formula is C37H46F3N3O. The summed E-state index contributed by atoms with van der Waals surface area (Å²) in [6.07, 6.45) is -0.283. The van der Waals surface area contributed by atoms with Crippen LogP contribution in [0.15, 0.2) is 90.7 Å². The summed E-state index contributed by atoms with van der Waals surface area (Å²) in [6, 6.07) is 23.0. The van der Waals surface area contributed by atoms with Gasteiger partial charge in [0.05, 0.1) is 17.3 Å². The van der Waals surface area contributed by atoms with Crippen LogP contribution in [0.4, 0.5) is 18.9 Å². The molecule has 44 heavy (non-hydrogen) atoms. The van der Waals surface area contributed by atoms with Gasteiger partial charge in [0.2, 0.25) is 0 Å². The Morgan fingerprint density at radius 1 is 1.05 bits per heavy atom. The number of halogens is 3. The fourth-order valence-electron chi connectivity index (χ4n) is 4.93. The Balaban J connectivity index is 0.000000241. The van der Waals surface area contributed by atoms with E-state index in [0.29, 0.717) is 24.7 Å². The first-order valence-corrected chi connectivity index (χ1v) is 15.2. The van der Waals surface area contributed by atoms with Gasteiger partial charge >= 0.3 is 6.18 Å². The summed E-state index contributed by atoms with van der Waals surface area (Å²) < 4.78 is 38.3. The first kappa shape index (κ1) is 34.8. The number of nitrogens with two attached hydrogens (primary N) is 1. The zero-order chi connectivity index (χ0) is 32.4. The number of likely N-dealkylation sites (N-methyl/N-ethyl adjacent to an activating group) is 1. The number of hydrogen-bond acceptors (Lipinski definition) is 4. The van der Waals surface area contributed by atoms with Crippen molar-refractivity contribution in [3.05, 3.63) is 124 Å². The largest absolute Gasteiger partial charge is 0.415 e. The molecule has 0 aliphatic heterocycles. The Bertz CT molecular complexity index is 1460. The molecule has 4 nitrogen and oxygen atoms in total. The van der Waals surface area contributed by atoms with Crippen LogP contribution < -0.4 is 16.0 Å². The predicted molar refractivity (Wildman–Crippen MR) is 176 cm³/mol. The summed E-state index contributed by atoms with van der Waals surface area (Å²) in [5.74, 6) is 0.529. The van der Waals surface area contributed by atoms with Crippen LogP contribution in [0.3, 0.4) is 0 Å². The number of benzene rings is 3. The third kappa shape index (κ3) is 10.2. The minimum absolute atomic E-state index is 0.0386. The highest BCUT2D eigenvalue weighted by Gasteiger charge is 2.32. The van der Waals surface area contributed by atoms with Crippen molar-refractivity contribution in [3.63, 3.8) is 0 Å². The van der Waals surface area contributed by atoms with Crippen molar-refractivity contribution in [1.29, 1.82) is 0 Å². The second kappa shape index (κ2) is 15.9. The van der Waals surface area contributed by atoms with E-state index in [2.05, 4.69) is 75.1 Å². The summed E-state index contributed by atoms with van der Waals surface area (Å²) in [7, 11) is 1.55. The number of carbonyl (C=O) groups is 1. The molecule has 0 radical (unpaired) electrons. The van der Waals surface area contributed by atoms with Crippen molar-refractivity contribution in [1.82, 2.24) is 5.32 Å². The summed E-state index contributed by atoms with van der Waals surface area (Å²) in [4.78, 5) is 13.7. The number of aryl methyl sites for hydroxylation is 3. The van der Waals surface area contributed by atoms with Crippen molar-refractivity contribution >= 4 is 11.5 Å². The molecule has 0 aromatic heterocycles. The molecule has 3 aromatic rings. The van der Waals surface area contributed by atoms with E-state index in [1.807, 2.05) is 6.07 Å². The Kier molecular flexibility index (Phi) is 12.6. The van der Waals surface area contributed by atoms with E-state index in [4.69, 9.17) is 5.73 Å². The van der Waals surface area contributed by atoms with Crippen LogP contribution in [0, 0.1) is 26.7 Å². The quantitative estimate of drug-likeness (QED) is 0.160. The third-order valence-corrected chi connectivity index (χ3v) is 7.76. The highest BCUT2D eigenvalue weighted by molar-refractivity contribution is 5.99. The Morgan fingerprint density at radius 3 is 2.34 bits per heavy atom. The van der Waals surface area contributed by atoms with Crippen molar-refractivity contribution < 1.29 is 18.0 Å². The van der Waals surface area contributed by atoms with Crippen molar-refractivity contribution in [2.45, 2.75) is 72.1 Å². The molecule has 1 atom stereocenters. The smallest absolute Gasteiger partial charge is 0.342 e. The highest BCUT2D eigenvalue weighted by Crippen LogP contribution is 2.32. The lowest BCUT2D eigenvalue weighted by atomic mass is 9.92. The molecule has 0 spiro atoms. The van der Waals surface area contributed by atoms with Crippen molar-refractivity contribution in [2.24, 2.45) is 11.7 Å². The molecule has 236 valence electrons. The number of hydrogen-bond donors (Lipinski definition) is 2. The summed E-state index contributed by atoms with van der Waals surface area (Å²) in [6.45, 7) is 12.8. The lowest BCUT2D eigenvalue weighted by molar-refractivity contribution is -0.115. The maximum absolute atomic E-state index is 12.8. The number of alkyl halides is 3. The molecule has 4 rings (SSSR count). The number of carbonyl (C=O) groups excluding carboxylic acids is 1. The SMILES string of the molecule is C=C(/C=C(/C(=O)CCC)N(C)c1cccc(CN)c1)C(F)(F)F.Cc1cccc(C(NCC2CC2)c2cc(C)ccc2C)c1. The number of nitrogens with one attached hydrogen (secondary N) is 1. The van der Waals surface area contributed by atoms with Gasteiger partial charge in [-0.2, -0.15) is 13.2 Å². The standard InChI is InChI=1S/C20H25N.C17H21F3N2O/c1-14-5-4-6-18(11-14)20(21-13-17-9-10-17)19-12-15(2)7-8-16(19)3;1-4-6-16(23)15(9-12(2)17(18,19)20)22(3)14-8-5-7-13(10-14)11-21/h4-8,11-12,17,20-21H,9-10,13H2,1-3H3;5,7-10H,2,4,6,11,21H2,1,3H3/b;15-9-. The predicted octanol–water partition coefficient (Wildman–Crippen LogP) is 8.65. The lowest BCUT2D eigenvalue weighted by Gasteiger charge is -2.23. The van der Waals surface area contributed by atoms with Crippen molar-refractivity contribution in [3.8, 4) is 0 Å². The molecule has 0 heterocycles. The van der Waals surface area contributed by atoms with Crippen LogP contribution in [0.25, 0.3) is 0 Å². The van der Waals surface area contributed by atoms with E-state index in [-0.39, 0.29) is 17.9 Å². The van der Waals surface area contributed by atoms with Gasteiger partial charge < -0.3 is 16.0 Å². The molecule has 3 N–H and O–H groups in total. The van der Waals surface area contributed by atoms with E-state index in [1.54, 1.807) is 32.2 Å². The zero-order valence-corrected chi connectivity index (χ0v) is 26.6. The monoisotopic (exact) mass is 605 g/mol. The van der Waals surface area contributed by atoms with Gasteiger partial charge in [0.25, 0.3) is 0 Å². The number of nitrogens with zero attached hydrogens (tertiary/aromatic N) is 1. The molecule has 1 aliphatic carbocycles. The second-order valence-electron chi connectivity index (χ2n) is 11.7. The Hall–Kier alpha value is -3.68. The van der Waals surface area contributed by atoms with Gasteiger partial charge in [-0.15, -0.1) is 0 Å². The number of ketones is 1. The molecule has 0 saturated heterocycles. The maximum atomic E-state index is 12.8. The second-order valence-corrected chi connectivity index (χ2v) is 11.7. The first-order chi connectivity index (χ1) is 20.8. The number of Topliss-reactive ketones (excluding diaryl/α,β-unsaturated/α-hetero) is 1. The fraction of sp³-hybridized carbons (Fsp3) is 0.378. The summed E-state index contributed by atoms with van der Waals surface area (Å²) in [5, 5.41) is 3.81. The number of allylic oxidation sites excluding steroid dienone is 3. The normalized spacial score (nSPS) is 14.0. The fourth-order valence-corrected chi connectivity index (χ4v) is 4.93. The summed E-state index contributed by atoms with van der Waals surface area (Å²) >= 11 is 0. The minimum atomic E-state index is -4.57.